The van der Waals surface area contributed by atoms with Gasteiger partial charge in [0.05, 0.1) is 11.0 Å². The molecule has 0 spiro atoms. The Morgan fingerprint density at radius 3 is 2.78 bits per heavy atom. The van der Waals surface area contributed by atoms with Gasteiger partial charge in [-0.2, -0.15) is 0 Å². The molecule has 1 atom stereocenters. The van der Waals surface area contributed by atoms with Crippen LogP contribution < -0.4 is 5.73 Å². The van der Waals surface area contributed by atoms with E-state index < -0.39 is 0 Å². The number of H-pyrrole nitrogens is 1. The van der Waals surface area contributed by atoms with E-state index in [0.29, 0.717) is 11.8 Å². The second kappa shape index (κ2) is 4.94. The molecule has 1 aliphatic rings. The number of nitrogens with zero attached hydrogens (tertiary/aromatic N) is 1. The van der Waals surface area contributed by atoms with E-state index in [1.807, 2.05) is 0 Å². The topological polar surface area (TPSA) is 54.7 Å². The molecule has 3 rings (SSSR count). The first-order valence-electron chi connectivity index (χ1n) is 6.64. The lowest BCUT2D eigenvalue weighted by atomic mass is 9.91. The van der Waals surface area contributed by atoms with E-state index in [4.69, 9.17) is 5.73 Å². The van der Waals surface area contributed by atoms with Gasteiger partial charge in [0.2, 0.25) is 0 Å². The van der Waals surface area contributed by atoms with Crippen LogP contribution in [0.15, 0.2) is 17.3 Å². The Kier molecular flexibility index (Phi) is 3.31. The number of hydrogen-bond donors (Lipinski definition) is 2. The summed E-state index contributed by atoms with van der Waals surface area (Å²) in [7, 11) is 0. The van der Waals surface area contributed by atoms with Crippen molar-refractivity contribution in [2.45, 2.75) is 43.0 Å². The van der Waals surface area contributed by atoms with Gasteiger partial charge in [-0.3, -0.25) is 0 Å². The molecule has 0 saturated carbocycles. The zero-order valence-corrected chi connectivity index (χ0v) is 11.5. The Bertz CT molecular complexity index is 518. The van der Waals surface area contributed by atoms with Crippen molar-refractivity contribution in [3.63, 3.8) is 0 Å². The molecule has 0 radical (unpaired) electrons. The quantitative estimate of drug-likeness (QED) is 0.835. The number of fused-ring (bicyclic) bond motifs is 2. The van der Waals surface area contributed by atoms with Gasteiger partial charge in [0, 0.05) is 11.8 Å². The standard InChI is InChI=1S/C14H19N3S/c1-9(8-15)18-14-16-12-6-10-4-2-3-5-11(10)7-13(12)17-14/h6-7,9H,2-5,8,15H2,1H3,(H,16,17). The molecule has 1 aromatic carbocycles. The van der Waals surface area contributed by atoms with Crippen LogP contribution in [0, 0.1) is 0 Å². The average molecular weight is 261 g/mol. The normalized spacial score (nSPS) is 16.8. The molecule has 18 heavy (non-hydrogen) atoms. The fourth-order valence-electron chi connectivity index (χ4n) is 2.51. The monoisotopic (exact) mass is 261 g/mol. The van der Waals surface area contributed by atoms with Crippen molar-refractivity contribution < 1.29 is 0 Å². The molecule has 1 aliphatic carbocycles. The maximum atomic E-state index is 5.65. The summed E-state index contributed by atoms with van der Waals surface area (Å²) in [5.74, 6) is 0. The van der Waals surface area contributed by atoms with Crippen LogP contribution in [0.3, 0.4) is 0 Å². The minimum absolute atomic E-state index is 0.403. The molecule has 0 fully saturated rings. The molecule has 0 aliphatic heterocycles. The lowest BCUT2D eigenvalue weighted by molar-refractivity contribution is 0.687. The summed E-state index contributed by atoms with van der Waals surface area (Å²) >= 11 is 1.72. The van der Waals surface area contributed by atoms with Gasteiger partial charge < -0.3 is 10.7 Å². The predicted molar refractivity (Wildman–Crippen MR) is 77.1 cm³/mol. The van der Waals surface area contributed by atoms with Crippen molar-refractivity contribution in [1.82, 2.24) is 9.97 Å². The highest BCUT2D eigenvalue weighted by Crippen LogP contribution is 2.28. The van der Waals surface area contributed by atoms with E-state index in [-0.39, 0.29) is 0 Å². The van der Waals surface area contributed by atoms with E-state index in [2.05, 4.69) is 29.0 Å². The van der Waals surface area contributed by atoms with Crippen molar-refractivity contribution in [3.05, 3.63) is 23.3 Å². The first-order valence-corrected chi connectivity index (χ1v) is 7.52. The smallest absolute Gasteiger partial charge is 0.166 e. The summed E-state index contributed by atoms with van der Waals surface area (Å²) in [6.45, 7) is 2.81. The van der Waals surface area contributed by atoms with Crippen LogP contribution in [0.2, 0.25) is 0 Å². The van der Waals surface area contributed by atoms with E-state index >= 15 is 0 Å². The SMILES string of the molecule is CC(CN)Sc1nc2cc3c(cc2[nH]1)CCCC3. The van der Waals surface area contributed by atoms with E-state index in [9.17, 15) is 0 Å². The van der Waals surface area contributed by atoms with E-state index in [1.54, 1.807) is 11.8 Å². The van der Waals surface area contributed by atoms with Gasteiger partial charge in [-0.05, 0) is 48.9 Å². The molecular weight excluding hydrogens is 242 g/mol. The third-order valence-corrected chi connectivity index (χ3v) is 4.58. The highest BCUT2D eigenvalue weighted by molar-refractivity contribution is 7.99. The van der Waals surface area contributed by atoms with Crippen LogP contribution in [0.5, 0.6) is 0 Å². The van der Waals surface area contributed by atoms with Crippen LogP contribution in [-0.4, -0.2) is 21.8 Å². The fraction of sp³-hybridized carbons (Fsp3) is 0.500. The number of thioether (sulfide) groups is 1. The Morgan fingerprint density at radius 1 is 1.33 bits per heavy atom. The number of rotatable bonds is 3. The zero-order valence-electron chi connectivity index (χ0n) is 10.7. The number of aromatic nitrogens is 2. The number of aromatic amines is 1. The minimum Gasteiger partial charge on any atom is -0.333 e. The lowest BCUT2D eigenvalue weighted by Crippen LogP contribution is -2.12. The zero-order chi connectivity index (χ0) is 12.5. The number of aryl methyl sites for hydroxylation is 2. The molecule has 4 heteroatoms. The lowest BCUT2D eigenvalue weighted by Gasteiger charge is -2.14. The van der Waals surface area contributed by atoms with Crippen molar-refractivity contribution in [3.8, 4) is 0 Å². The summed E-state index contributed by atoms with van der Waals surface area (Å²) in [5.41, 5.74) is 10.9. The molecule has 2 aromatic rings. The molecule has 3 N–H and O–H groups in total. The van der Waals surface area contributed by atoms with Crippen molar-refractivity contribution in [2.24, 2.45) is 5.73 Å². The third-order valence-electron chi connectivity index (χ3n) is 3.57. The average Bonchev–Trinajstić information content (AvgIpc) is 2.76. The number of nitrogens with two attached hydrogens (primary N) is 1. The van der Waals surface area contributed by atoms with Gasteiger partial charge in [0.15, 0.2) is 5.16 Å². The van der Waals surface area contributed by atoms with Gasteiger partial charge in [-0.15, -0.1) is 0 Å². The minimum atomic E-state index is 0.403. The maximum Gasteiger partial charge on any atom is 0.166 e. The number of nitrogens with one attached hydrogen (secondary N) is 1. The van der Waals surface area contributed by atoms with Crippen LogP contribution in [0.1, 0.15) is 30.9 Å². The van der Waals surface area contributed by atoms with Crippen molar-refractivity contribution in [2.75, 3.05) is 6.54 Å². The summed E-state index contributed by atoms with van der Waals surface area (Å²) in [4.78, 5) is 8.07. The second-order valence-corrected chi connectivity index (χ2v) is 6.48. The molecule has 1 aromatic heterocycles. The molecule has 1 unspecified atom stereocenters. The van der Waals surface area contributed by atoms with Crippen LogP contribution >= 0.6 is 11.8 Å². The highest BCUT2D eigenvalue weighted by atomic mass is 32.2. The summed E-state index contributed by atoms with van der Waals surface area (Å²) in [6.07, 6.45) is 5.05. The Labute approximate surface area is 112 Å². The molecule has 3 nitrogen and oxygen atoms in total. The van der Waals surface area contributed by atoms with Gasteiger partial charge in [-0.25, -0.2) is 4.98 Å². The van der Waals surface area contributed by atoms with Gasteiger partial charge in [-0.1, -0.05) is 18.7 Å². The third kappa shape index (κ3) is 2.27. The largest absolute Gasteiger partial charge is 0.333 e. The first kappa shape index (κ1) is 12.1. The molecule has 96 valence electrons. The van der Waals surface area contributed by atoms with Gasteiger partial charge >= 0.3 is 0 Å². The van der Waals surface area contributed by atoms with E-state index in [0.717, 1.165) is 10.7 Å². The van der Waals surface area contributed by atoms with Crippen LogP contribution in [0.25, 0.3) is 11.0 Å². The molecule has 0 amide bonds. The summed E-state index contributed by atoms with van der Waals surface area (Å²) in [6, 6.07) is 4.55. The fourth-order valence-corrected chi connectivity index (χ4v) is 3.31. The van der Waals surface area contributed by atoms with Gasteiger partial charge in [0.1, 0.15) is 0 Å². The van der Waals surface area contributed by atoms with Crippen molar-refractivity contribution in [1.29, 1.82) is 0 Å². The Hall–Kier alpha value is -1.00. The van der Waals surface area contributed by atoms with E-state index in [1.165, 1.54) is 42.3 Å². The second-order valence-electron chi connectivity index (χ2n) is 5.05. The predicted octanol–water partition coefficient (Wildman–Crippen LogP) is 2.88. The van der Waals surface area contributed by atoms with Gasteiger partial charge in [0.25, 0.3) is 0 Å². The molecule has 0 saturated heterocycles. The number of imidazole rings is 1. The highest BCUT2D eigenvalue weighted by Gasteiger charge is 2.13. The molecular formula is C14H19N3S. The van der Waals surface area contributed by atoms with Crippen molar-refractivity contribution >= 4 is 22.8 Å². The number of benzene rings is 1. The number of hydrogen-bond acceptors (Lipinski definition) is 3. The summed E-state index contributed by atoms with van der Waals surface area (Å²) in [5, 5.41) is 1.39. The van der Waals surface area contributed by atoms with Crippen LogP contribution in [-0.2, 0) is 12.8 Å². The maximum absolute atomic E-state index is 5.65. The first-order chi connectivity index (χ1) is 8.76. The Morgan fingerprint density at radius 2 is 2.06 bits per heavy atom. The van der Waals surface area contributed by atoms with Crippen LogP contribution in [0.4, 0.5) is 0 Å². The summed E-state index contributed by atoms with van der Waals surface area (Å²) < 4.78 is 0. The molecule has 1 heterocycles. The molecule has 0 bridgehead atoms. The Balaban J connectivity index is 1.96.